The van der Waals surface area contributed by atoms with Crippen LogP contribution in [0.25, 0.3) is 11.0 Å². The van der Waals surface area contributed by atoms with Gasteiger partial charge in [0.2, 0.25) is 5.91 Å². The van der Waals surface area contributed by atoms with E-state index >= 15 is 0 Å². The van der Waals surface area contributed by atoms with E-state index in [0.717, 1.165) is 55.5 Å². The van der Waals surface area contributed by atoms with Gasteiger partial charge in [-0.25, -0.2) is 9.97 Å². The third-order valence-electron chi connectivity index (χ3n) is 5.84. The Balaban J connectivity index is 1.24. The molecule has 2 amide bonds. The second-order valence-corrected chi connectivity index (χ2v) is 7.92. The Bertz CT molecular complexity index is 1050. The molecule has 1 aromatic carbocycles. The predicted octanol–water partition coefficient (Wildman–Crippen LogP) is 3.02. The van der Waals surface area contributed by atoms with Crippen molar-refractivity contribution in [2.75, 3.05) is 13.1 Å². The van der Waals surface area contributed by atoms with E-state index in [1.807, 2.05) is 30.1 Å². The van der Waals surface area contributed by atoms with Gasteiger partial charge in [0, 0.05) is 39.0 Å². The van der Waals surface area contributed by atoms with Crippen molar-refractivity contribution in [3.8, 4) is 0 Å². The summed E-state index contributed by atoms with van der Waals surface area (Å²) in [7, 11) is 2.03. The Labute approximate surface area is 181 Å². The topological polar surface area (TPSA) is 93.0 Å². The fraction of sp³-hybridized carbons (Fsp3) is 0.435. The van der Waals surface area contributed by atoms with Crippen LogP contribution in [-0.4, -0.2) is 49.3 Å². The Morgan fingerprint density at radius 2 is 2.03 bits per heavy atom. The van der Waals surface area contributed by atoms with Crippen LogP contribution in [0.5, 0.6) is 0 Å². The number of likely N-dealkylation sites (tertiary alicyclic amines) is 1. The smallest absolute Gasteiger partial charge is 0.271 e. The Kier molecular flexibility index (Phi) is 6.54. The maximum absolute atomic E-state index is 12.9. The molecule has 4 rings (SSSR count). The summed E-state index contributed by atoms with van der Waals surface area (Å²) in [4.78, 5) is 39.5. The monoisotopic (exact) mass is 420 g/mol. The molecule has 8 heteroatoms. The van der Waals surface area contributed by atoms with Gasteiger partial charge >= 0.3 is 0 Å². The second-order valence-electron chi connectivity index (χ2n) is 7.92. The first kappa shape index (κ1) is 21.0. The van der Waals surface area contributed by atoms with Crippen LogP contribution in [0.15, 0.2) is 42.9 Å². The number of aromatic nitrogens is 4. The number of para-hydroxylation sites is 2. The molecule has 1 aliphatic heterocycles. The fourth-order valence-electron chi connectivity index (χ4n) is 4.23. The second kappa shape index (κ2) is 9.68. The lowest BCUT2D eigenvalue weighted by Crippen LogP contribution is -2.31. The number of hydrogen-bond donors (Lipinski definition) is 1. The Hall–Kier alpha value is -3.29. The molecule has 0 aliphatic carbocycles. The Morgan fingerprint density at radius 3 is 2.84 bits per heavy atom. The highest BCUT2D eigenvalue weighted by atomic mass is 16.2. The molecular weight excluding hydrogens is 392 g/mol. The highest BCUT2D eigenvalue weighted by molar-refractivity contribution is 5.91. The molecule has 31 heavy (non-hydrogen) atoms. The van der Waals surface area contributed by atoms with E-state index in [1.165, 1.54) is 18.6 Å². The van der Waals surface area contributed by atoms with Crippen LogP contribution < -0.4 is 5.32 Å². The van der Waals surface area contributed by atoms with E-state index in [0.29, 0.717) is 18.7 Å². The number of rotatable bonds is 8. The normalized spacial score (nSPS) is 16.0. The number of unbranched alkanes of at least 4 members (excludes halogenated alkanes) is 2. The molecule has 162 valence electrons. The highest BCUT2D eigenvalue weighted by Gasteiger charge is 2.32. The molecule has 3 heterocycles. The SMILES string of the molecule is Cn1c([C@H]2CCCN2C(=O)CCCCCNC(=O)c2cnccn2)nc2ccccc21. The first-order valence-electron chi connectivity index (χ1n) is 10.9. The fourth-order valence-corrected chi connectivity index (χ4v) is 4.23. The van der Waals surface area contributed by atoms with Crippen molar-refractivity contribution in [2.24, 2.45) is 7.05 Å². The van der Waals surface area contributed by atoms with Crippen LogP contribution in [-0.2, 0) is 11.8 Å². The number of benzene rings is 1. The quantitative estimate of drug-likeness (QED) is 0.566. The number of fused-ring (bicyclic) bond motifs is 1. The van der Waals surface area contributed by atoms with Gasteiger partial charge in [0.05, 0.1) is 23.3 Å². The zero-order valence-corrected chi connectivity index (χ0v) is 17.8. The van der Waals surface area contributed by atoms with Crippen molar-refractivity contribution in [3.05, 3.63) is 54.4 Å². The molecular formula is C23H28N6O2. The molecule has 2 aromatic heterocycles. The van der Waals surface area contributed by atoms with E-state index in [2.05, 4.69) is 25.9 Å². The van der Waals surface area contributed by atoms with Crippen molar-refractivity contribution in [1.82, 2.24) is 29.7 Å². The van der Waals surface area contributed by atoms with E-state index in [9.17, 15) is 9.59 Å². The van der Waals surface area contributed by atoms with Crippen molar-refractivity contribution < 1.29 is 9.59 Å². The number of carbonyl (C=O) groups excluding carboxylic acids is 2. The summed E-state index contributed by atoms with van der Waals surface area (Å²) in [5.74, 6) is 0.948. The lowest BCUT2D eigenvalue weighted by Gasteiger charge is -2.24. The minimum absolute atomic E-state index is 0.0520. The zero-order valence-electron chi connectivity index (χ0n) is 17.8. The van der Waals surface area contributed by atoms with Crippen LogP contribution in [0.1, 0.15) is 60.9 Å². The molecule has 0 radical (unpaired) electrons. The largest absolute Gasteiger partial charge is 0.351 e. The van der Waals surface area contributed by atoms with Gasteiger partial charge in [0.25, 0.3) is 5.91 Å². The van der Waals surface area contributed by atoms with Gasteiger partial charge in [0.1, 0.15) is 11.5 Å². The van der Waals surface area contributed by atoms with Crippen LogP contribution in [0.2, 0.25) is 0 Å². The van der Waals surface area contributed by atoms with Crippen molar-refractivity contribution in [1.29, 1.82) is 0 Å². The van der Waals surface area contributed by atoms with Crippen LogP contribution in [0.4, 0.5) is 0 Å². The minimum atomic E-state index is -0.216. The maximum atomic E-state index is 12.9. The van der Waals surface area contributed by atoms with E-state index in [-0.39, 0.29) is 17.9 Å². The number of nitrogens with one attached hydrogen (secondary N) is 1. The average molecular weight is 421 g/mol. The summed E-state index contributed by atoms with van der Waals surface area (Å²) in [6.07, 6.45) is 9.50. The first-order chi connectivity index (χ1) is 15.1. The molecule has 0 spiro atoms. The Morgan fingerprint density at radius 1 is 1.16 bits per heavy atom. The average Bonchev–Trinajstić information content (AvgIpc) is 3.41. The number of carbonyl (C=O) groups is 2. The summed E-state index contributed by atoms with van der Waals surface area (Å²) in [5.41, 5.74) is 2.39. The number of hydrogen-bond acceptors (Lipinski definition) is 5. The lowest BCUT2D eigenvalue weighted by molar-refractivity contribution is -0.132. The van der Waals surface area contributed by atoms with Gasteiger partial charge in [-0.05, 0) is 37.8 Å². The lowest BCUT2D eigenvalue weighted by atomic mass is 10.1. The number of nitrogens with zero attached hydrogens (tertiary/aromatic N) is 5. The summed E-state index contributed by atoms with van der Waals surface area (Å²) in [6.45, 7) is 1.36. The molecule has 0 bridgehead atoms. The minimum Gasteiger partial charge on any atom is -0.351 e. The number of amides is 2. The summed E-state index contributed by atoms with van der Waals surface area (Å²) in [6, 6.07) is 8.14. The molecule has 0 saturated carbocycles. The molecule has 1 aliphatic rings. The highest BCUT2D eigenvalue weighted by Crippen LogP contribution is 2.33. The molecule has 3 aromatic rings. The van der Waals surface area contributed by atoms with Gasteiger partial charge in [-0.1, -0.05) is 18.6 Å². The number of aryl methyl sites for hydroxylation is 1. The predicted molar refractivity (Wildman–Crippen MR) is 117 cm³/mol. The third kappa shape index (κ3) is 4.73. The van der Waals surface area contributed by atoms with E-state index in [1.54, 1.807) is 0 Å². The molecule has 1 fully saturated rings. The van der Waals surface area contributed by atoms with Gasteiger partial charge in [-0.15, -0.1) is 0 Å². The summed E-state index contributed by atoms with van der Waals surface area (Å²) in [5, 5.41) is 2.84. The first-order valence-corrected chi connectivity index (χ1v) is 10.9. The van der Waals surface area contributed by atoms with Gasteiger partial charge in [0.15, 0.2) is 0 Å². The molecule has 0 unspecified atom stereocenters. The van der Waals surface area contributed by atoms with Crippen molar-refractivity contribution in [2.45, 2.75) is 44.6 Å². The van der Waals surface area contributed by atoms with E-state index in [4.69, 9.17) is 4.98 Å². The van der Waals surface area contributed by atoms with Crippen molar-refractivity contribution in [3.63, 3.8) is 0 Å². The van der Waals surface area contributed by atoms with Gasteiger partial charge in [-0.2, -0.15) is 0 Å². The molecule has 8 nitrogen and oxygen atoms in total. The van der Waals surface area contributed by atoms with Crippen LogP contribution >= 0.6 is 0 Å². The third-order valence-corrected chi connectivity index (χ3v) is 5.84. The number of imidazole rings is 1. The van der Waals surface area contributed by atoms with E-state index < -0.39 is 0 Å². The summed E-state index contributed by atoms with van der Waals surface area (Å²) < 4.78 is 2.12. The molecule has 1 atom stereocenters. The maximum Gasteiger partial charge on any atom is 0.271 e. The zero-order chi connectivity index (χ0) is 21.6. The molecule has 1 N–H and O–H groups in total. The van der Waals surface area contributed by atoms with Gasteiger partial charge < -0.3 is 14.8 Å². The van der Waals surface area contributed by atoms with Crippen LogP contribution in [0, 0.1) is 0 Å². The molecule has 1 saturated heterocycles. The standard InChI is InChI=1S/C23H28N6O2/c1-28-19-9-5-4-8-17(19)27-22(28)20-10-7-15-29(20)21(30)11-3-2-6-12-26-23(31)18-16-24-13-14-25-18/h4-5,8-9,13-14,16,20H,2-3,6-7,10-12,15H2,1H3,(H,26,31)/t20-/m1/s1. The summed E-state index contributed by atoms with van der Waals surface area (Å²) >= 11 is 0. The van der Waals surface area contributed by atoms with Crippen LogP contribution in [0.3, 0.4) is 0 Å². The van der Waals surface area contributed by atoms with Gasteiger partial charge in [-0.3, -0.25) is 14.6 Å². The van der Waals surface area contributed by atoms with Crippen molar-refractivity contribution >= 4 is 22.8 Å².